The summed E-state index contributed by atoms with van der Waals surface area (Å²) in [4.78, 5) is 0. The molecule has 1 atom stereocenters. The minimum absolute atomic E-state index is 0.142. The molecule has 0 aromatic heterocycles. The highest BCUT2D eigenvalue weighted by Crippen LogP contribution is 2.51. The van der Waals surface area contributed by atoms with Crippen LogP contribution in [0.15, 0.2) is 60.7 Å². The van der Waals surface area contributed by atoms with Crippen molar-refractivity contribution in [3.8, 4) is 0 Å². The molecule has 0 bridgehead atoms. The van der Waals surface area contributed by atoms with Crippen molar-refractivity contribution in [3.63, 3.8) is 0 Å². The van der Waals surface area contributed by atoms with E-state index in [1.54, 1.807) is 5.56 Å². The molecule has 0 fully saturated rings. The van der Waals surface area contributed by atoms with Crippen LogP contribution in [0.1, 0.15) is 37.5 Å². The van der Waals surface area contributed by atoms with Crippen molar-refractivity contribution in [3.05, 3.63) is 77.4 Å². The first kappa shape index (κ1) is 15.3. The lowest BCUT2D eigenvalue weighted by Gasteiger charge is -2.47. The molecule has 0 N–H and O–H groups in total. The van der Waals surface area contributed by atoms with Crippen molar-refractivity contribution in [2.75, 3.05) is 0 Å². The smallest absolute Gasteiger partial charge is 0.0718 e. The summed E-state index contributed by atoms with van der Waals surface area (Å²) in [5.74, 6) is 0. The molecular formula is C21H26Si. The van der Waals surface area contributed by atoms with Crippen molar-refractivity contribution in [2.24, 2.45) is 0 Å². The third kappa shape index (κ3) is 1.95. The number of benzene rings is 2. The normalized spacial score (nSPS) is 20.1. The Kier molecular flexibility index (Phi) is 4.09. The average molecular weight is 307 g/mol. The Balaban J connectivity index is 2.33. The van der Waals surface area contributed by atoms with Gasteiger partial charge >= 0.3 is 0 Å². The molecule has 1 aliphatic carbocycles. The zero-order valence-corrected chi connectivity index (χ0v) is 15.0. The van der Waals surface area contributed by atoms with Crippen molar-refractivity contribution in [2.45, 2.75) is 43.9 Å². The minimum Gasteiger partial charge on any atom is -0.0718 e. The van der Waals surface area contributed by atoms with Gasteiger partial charge in [-0.2, -0.15) is 0 Å². The van der Waals surface area contributed by atoms with E-state index in [-0.39, 0.29) is 5.04 Å². The predicted molar refractivity (Wildman–Crippen MR) is 99.9 cm³/mol. The van der Waals surface area contributed by atoms with Gasteiger partial charge in [0.2, 0.25) is 0 Å². The maximum absolute atomic E-state index is 2.54. The SMILES string of the molecule is CC[Si](CC)(CC)[C@@]1(c2ccccc2)C=Cc2ccccc21. The molecule has 0 unspecified atom stereocenters. The first-order valence-electron chi connectivity index (χ1n) is 8.58. The van der Waals surface area contributed by atoms with Gasteiger partial charge < -0.3 is 0 Å². The zero-order chi connectivity index (χ0) is 15.6. The summed E-state index contributed by atoms with van der Waals surface area (Å²) in [5.41, 5.74) is 4.45. The lowest BCUT2D eigenvalue weighted by atomic mass is 9.92. The Morgan fingerprint density at radius 3 is 2.00 bits per heavy atom. The van der Waals surface area contributed by atoms with Crippen LogP contribution in [0.3, 0.4) is 0 Å². The summed E-state index contributed by atoms with van der Waals surface area (Å²) < 4.78 is 0. The molecule has 2 aromatic carbocycles. The van der Waals surface area contributed by atoms with Gasteiger partial charge in [-0.3, -0.25) is 0 Å². The van der Waals surface area contributed by atoms with E-state index < -0.39 is 8.07 Å². The Hall–Kier alpha value is -1.60. The Morgan fingerprint density at radius 2 is 1.36 bits per heavy atom. The van der Waals surface area contributed by atoms with Crippen LogP contribution < -0.4 is 0 Å². The molecule has 22 heavy (non-hydrogen) atoms. The van der Waals surface area contributed by atoms with E-state index in [4.69, 9.17) is 0 Å². The predicted octanol–water partition coefficient (Wildman–Crippen LogP) is 6.05. The Morgan fingerprint density at radius 1 is 0.773 bits per heavy atom. The van der Waals surface area contributed by atoms with Crippen LogP contribution >= 0.6 is 0 Å². The largest absolute Gasteiger partial charge is 0.0744 e. The van der Waals surface area contributed by atoms with Gasteiger partial charge in [-0.1, -0.05) is 106 Å². The zero-order valence-electron chi connectivity index (χ0n) is 14.0. The summed E-state index contributed by atoms with van der Waals surface area (Å²) in [7, 11) is -1.51. The van der Waals surface area contributed by atoms with Crippen LogP contribution in [0.25, 0.3) is 6.08 Å². The molecule has 0 heterocycles. The van der Waals surface area contributed by atoms with Gasteiger partial charge in [0.25, 0.3) is 0 Å². The van der Waals surface area contributed by atoms with Gasteiger partial charge in [-0.25, -0.2) is 0 Å². The topological polar surface area (TPSA) is 0 Å². The maximum Gasteiger partial charge on any atom is 0.0744 e. The maximum atomic E-state index is 2.54. The molecule has 0 aliphatic heterocycles. The van der Waals surface area contributed by atoms with Gasteiger partial charge in [0.05, 0.1) is 8.07 Å². The van der Waals surface area contributed by atoms with Crippen LogP contribution in [0.2, 0.25) is 18.1 Å². The fraction of sp³-hybridized carbons (Fsp3) is 0.333. The van der Waals surface area contributed by atoms with Crippen LogP contribution in [-0.4, -0.2) is 8.07 Å². The monoisotopic (exact) mass is 306 g/mol. The second-order valence-corrected chi connectivity index (χ2v) is 11.9. The second-order valence-electron chi connectivity index (χ2n) is 6.44. The van der Waals surface area contributed by atoms with Crippen molar-refractivity contribution < 1.29 is 0 Å². The molecule has 2 aromatic rings. The van der Waals surface area contributed by atoms with Crippen molar-refractivity contribution in [1.29, 1.82) is 0 Å². The van der Waals surface area contributed by atoms with E-state index in [2.05, 4.69) is 87.5 Å². The van der Waals surface area contributed by atoms with E-state index in [1.165, 1.54) is 29.3 Å². The summed E-state index contributed by atoms with van der Waals surface area (Å²) in [6, 6.07) is 24.2. The standard InChI is InChI=1S/C21H26Si/c1-4-22(5-2,6-3)21(19-13-8-7-9-14-19)17-16-18-12-10-11-15-20(18)21/h7-17H,4-6H2,1-3H3/t21-/m1/s1. The summed E-state index contributed by atoms with van der Waals surface area (Å²) in [6.07, 6.45) is 4.90. The summed E-state index contributed by atoms with van der Waals surface area (Å²) in [5, 5.41) is 0.142. The van der Waals surface area contributed by atoms with Gasteiger partial charge in [0.15, 0.2) is 0 Å². The third-order valence-electron chi connectivity index (χ3n) is 5.99. The Labute approximate surface area is 135 Å². The van der Waals surface area contributed by atoms with Gasteiger partial charge in [0, 0.05) is 5.04 Å². The molecule has 0 radical (unpaired) electrons. The molecule has 0 saturated heterocycles. The highest BCUT2D eigenvalue weighted by Gasteiger charge is 2.52. The van der Waals surface area contributed by atoms with Gasteiger partial charge in [-0.15, -0.1) is 0 Å². The number of fused-ring (bicyclic) bond motifs is 1. The fourth-order valence-corrected chi connectivity index (χ4v) is 9.80. The summed E-state index contributed by atoms with van der Waals surface area (Å²) >= 11 is 0. The van der Waals surface area contributed by atoms with E-state index in [0.29, 0.717) is 0 Å². The van der Waals surface area contributed by atoms with Crippen molar-refractivity contribution in [1.82, 2.24) is 0 Å². The first-order valence-corrected chi connectivity index (χ1v) is 11.2. The van der Waals surface area contributed by atoms with Crippen LogP contribution in [-0.2, 0) is 5.04 Å². The van der Waals surface area contributed by atoms with Crippen LogP contribution in [0.4, 0.5) is 0 Å². The molecular weight excluding hydrogens is 280 g/mol. The van der Waals surface area contributed by atoms with E-state index in [0.717, 1.165) is 0 Å². The van der Waals surface area contributed by atoms with Crippen LogP contribution in [0, 0.1) is 0 Å². The molecule has 0 saturated carbocycles. The molecule has 0 spiro atoms. The highest BCUT2D eigenvalue weighted by molar-refractivity contribution is 6.83. The van der Waals surface area contributed by atoms with Gasteiger partial charge in [0.1, 0.15) is 0 Å². The van der Waals surface area contributed by atoms with E-state index >= 15 is 0 Å². The number of rotatable bonds is 5. The van der Waals surface area contributed by atoms with E-state index in [9.17, 15) is 0 Å². The molecule has 1 heteroatoms. The second kappa shape index (κ2) is 5.89. The molecule has 1 aliphatic rings. The molecule has 3 rings (SSSR count). The lowest BCUT2D eigenvalue weighted by Crippen LogP contribution is -2.54. The molecule has 0 nitrogen and oxygen atoms in total. The molecule has 114 valence electrons. The third-order valence-corrected chi connectivity index (χ3v) is 12.5. The first-order chi connectivity index (χ1) is 10.7. The minimum atomic E-state index is -1.51. The average Bonchev–Trinajstić information content (AvgIpc) is 2.99. The molecule has 0 amide bonds. The lowest BCUT2D eigenvalue weighted by molar-refractivity contribution is 0.838. The Bertz CT molecular complexity index is 659. The quantitative estimate of drug-likeness (QED) is 0.590. The highest BCUT2D eigenvalue weighted by atomic mass is 28.3. The fourth-order valence-electron chi connectivity index (χ4n) is 4.61. The number of hydrogen-bond acceptors (Lipinski definition) is 0. The number of hydrogen-bond donors (Lipinski definition) is 0. The van der Waals surface area contributed by atoms with Crippen molar-refractivity contribution >= 4 is 14.1 Å². The van der Waals surface area contributed by atoms with Gasteiger partial charge in [-0.05, 0) is 16.7 Å². The summed E-state index contributed by atoms with van der Waals surface area (Å²) in [6.45, 7) is 7.25. The van der Waals surface area contributed by atoms with E-state index in [1.807, 2.05) is 0 Å². The van der Waals surface area contributed by atoms with Crippen LogP contribution in [0.5, 0.6) is 0 Å². The number of allylic oxidation sites excluding steroid dienone is 1.